The van der Waals surface area contributed by atoms with E-state index in [-0.39, 0.29) is 18.0 Å². The monoisotopic (exact) mass is 370 g/mol. The van der Waals surface area contributed by atoms with E-state index in [9.17, 15) is 4.79 Å². The Balaban J connectivity index is 1.96. The van der Waals surface area contributed by atoms with E-state index in [1.807, 2.05) is 52.1 Å². The molecule has 2 aromatic rings. The van der Waals surface area contributed by atoms with Gasteiger partial charge in [-0.3, -0.25) is 4.79 Å². The third-order valence-corrected chi connectivity index (χ3v) is 3.65. The summed E-state index contributed by atoms with van der Waals surface area (Å²) in [6.45, 7) is 9.92. The second-order valence-electron chi connectivity index (χ2n) is 7.30. The van der Waals surface area contributed by atoms with Gasteiger partial charge in [-0.1, -0.05) is 30.3 Å². The van der Waals surface area contributed by atoms with Crippen LogP contribution in [0.3, 0.4) is 0 Å². The number of benzene rings is 1. The lowest BCUT2D eigenvalue weighted by Crippen LogP contribution is -2.48. The average molecular weight is 371 g/mol. The van der Waals surface area contributed by atoms with Crippen molar-refractivity contribution >= 4 is 11.9 Å². The molecule has 1 amide bonds. The normalized spacial score (nSPS) is 11.9. The van der Waals surface area contributed by atoms with Gasteiger partial charge in [-0.2, -0.15) is 0 Å². The molecule has 1 aromatic carbocycles. The highest BCUT2D eigenvalue weighted by Crippen LogP contribution is 2.06. The zero-order valence-electron chi connectivity index (χ0n) is 16.6. The molecule has 0 radical (unpaired) electrons. The first-order chi connectivity index (χ1) is 12.9. The molecule has 0 aliphatic carbocycles. The van der Waals surface area contributed by atoms with Gasteiger partial charge in [0, 0.05) is 31.0 Å². The van der Waals surface area contributed by atoms with Crippen LogP contribution in [0, 0.1) is 0 Å². The zero-order valence-corrected chi connectivity index (χ0v) is 16.6. The second kappa shape index (κ2) is 9.75. The Bertz CT molecular complexity index is 745. The van der Waals surface area contributed by atoms with Gasteiger partial charge in [-0.15, -0.1) is 0 Å². The first-order valence-corrected chi connectivity index (χ1v) is 9.24. The van der Waals surface area contributed by atoms with E-state index in [0.717, 1.165) is 12.4 Å². The molecule has 2 rings (SSSR count). The fourth-order valence-corrected chi connectivity index (χ4v) is 2.53. The van der Waals surface area contributed by atoms with E-state index in [0.29, 0.717) is 19.0 Å². The van der Waals surface area contributed by atoms with Gasteiger partial charge in [0.2, 0.25) is 5.91 Å². The van der Waals surface area contributed by atoms with Crippen molar-refractivity contribution in [1.29, 1.82) is 0 Å². The summed E-state index contributed by atoms with van der Waals surface area (Å²) in [6.07, 6.45) is 3.74. The Morgan fingerprint density at radius 3 is 2.59 bits per heavy atom. The lowest BCUT2D eigenvalue weighted by Gasteiger charge is -2.21. The van der Waals surface area contributed by atoms with Crippen molar-refractivity contribution < 1.29 is 4.79 Å². The van der Waals surface area contributed by atoms with Crippen LogP contribution in [0.25, 0.3) is 0 Å². The third-order valence-electron chi connectivity index (χ3n) is 3.65. The van der Waals surface area contributed by atoms with Gasteiger partial charge in [0.1, 0.15) is 12.4 Å². The summed E-state index contributed by atoms with van der Waals surface area (Å²) in [5.74, 6) is 1.39. The standard InChI is InChI=1S/C20H30N6O/c1-5-21-19(24-14-18(27)25-20(2,3)4)23-13-17-22-11-12-26(17)15-16-9-7-6-8-10-16/h6-12H,5,13-15H2,1-4H3,(H,25,27)(H2,21,23,24). The van der Waals surface area contributed by atoms with Crippen LogP contribution < -0.4 is 16.0 Å². The summed E-state index contributed by atoms with van der Waals surface area (Å²) in [5.41, 5.74) is 0.959. The van der Waals surface area contributed by atoms with Crippen molar-refractivity contribution in [3.8, 4) is 0 Å². The molecule has 7 nitrogen and oxygen atoms in total. The number of aromatic nitrogens is 2. The van der Waals surface area contributed by atoms with Crippen LogP contribution in [0.15, 0.2) is 47.7 Å². The van der Waals surface area contributed by atoms with Gasteiger partial charge in [-0.05, 0) is 33.3 Å². The Morgan fingerprint density at radius 1 is 1.19 bits per heavy atom. The third kappa shape index (κ3) is 7.52. The molecule has 1 heterocycles. The van der Waals surface area contributed by atoms with E-state index >= 15 is 0 Å². The van der Waals surface area contributed by atoms with Crippen LogP contribution in [0.5, 0.6) is 0 Å². The summed E-state index contributed by atoms with van der Waals surface area (Å²) in [6, 6.07) is 10.2. The molecule has 0 spiro atoms. The quantitative estimate of drug-likeness (QED) is 0.513. The molecule has 7 heteroatoms. The molecule has 0 fully saturated rings. The Morgan fingerprint density at radius 2 is 1.93 bits per heavy atom. The zero-order chi connectivity index (χ0) is 19.7. The van der Waals surface area contributed by atoms with Gasteiger partial charge < -0.3 is 20.5 Å². The lowest BCUT2D eigenvalue weighted by atomic mass is 10.1. The Hall–Kier alpha value is -2.83. The molecule has 0 unspecified atom stereocenters. The highest BCUT2D eigenvalue weighted by Gasteiger charge is 2.13. The molecule has 0 saturated carbocycles. The number of hydrogen-bond donors (Lipinski definition) is 3. The molecular formula is C20H30N6O. The summed E-state index contributed by atoms with van der Waals surface area (Å²) in [7, 11) is 0. The minimum absolute atomic E-state index is 0.0707. The molecule has 146 valence electrons. The lowest BCUT2D eigenvalue weighted by molar-refractivity contribution is -0.121. The fourth-order valence-electron chi connectivity index (χ4n) is 2.53. The topological polar surface area (TPSA) is 83.3 Å². The molecule has 0 atom stereocenters. The summed E-state index contributed by atoms with van der Waals surface area (Å²) in [5, 5.41) is 9.14. The van der Waals surface area contributed by atoms with Crippen molar-refractivity contribution in [2.45, 2.75) is 46.3 Å². The summed E-state index contributed by atoms with van der Waals surface area (Å²) in [4.78, 5) is 21.0. The predicted molar refractivity (Wildman–Crippen MR) is 108 cm³/mol. The van der Waals surface area contributed by atoms with Gasteiger partial charge in [0.25, 0.3) is 0 Å². The number of imidazole rings is 1. The number of hydrogen-bond acceptors (Lipinski definition) is 3. The molecule has 0 bridgehead atoms. The van der Waals surface area contributed by atoms with Crippen LogP contribution in [0.1, 0.15) is 39.1 Å². The Labute approximate surface area is 161 Å². The molecule has 1 aromatic heterocycles. The van der Waals surface area contributed by atoms with E-state index < -0.39 is 0 Å². The van der Waals surface area contributed by atoms with Gasteiger partial charge >= 0.3 is 0 Å². The first kappa shape index (κ1) is 20.5. The predicted octanol–water partition coefficient (Wildman–Crippen LogP) is 1.90. The number of guanidine groups is 1. The SMILES string of the molecule is CCNC(=NCc1nccn1Cc1ccccc1)NCC(=O)NC(C)(C)C. The van der Waals surface area contributed by atoms with E-state index in [1.165, 1.54) is 5.56 Å². The minimum atomic E-state index is -0.254. The molecule has 3 N–H and O–H groups in total. The van der Waals surface area contributed by atoms with Crippen LogP contribution in [0.4, 0.5) is 0 Å². The van der Waals surface area contributed by atoms with Gasteiger partial charge in [0.15, 0.2) is 5.96 Å². The summed E-state index contributed by atoms with van der Waals surface area (Å²) >= 11 is 0. The number of rotatable bonds is 7. The highest BCUT2D eigenvalue weighted by atomic mass is 16.2. The number of nitrogens with zero attached hydrogens (tertiary/aromatic N) is 3. The number of carbonyl (C=O) groups is 1. The highest BCUT2D eigenvalue weighted by molar-refractivity contribution is 5.86. The molecule has 0 aliphatic heterocycles. The van der Waals surface area contributed by atoms with Crippen molar-refractivity contribution in [3.63, 3.8) is 0 Å². The smallest absolute Gasteiger partial charge is 0.239 e. The number of carbonyl (C=O) groups excluding carboxylic acids is 1. The van der Waals surface area contributed by atoms with Crippen LogP contribution in [-0.2, 0) is 17.9 Å². The maximum atomic E-state index is 12.0. The molecule has 27 heavy (non-hydrogen) atoms. The van der Waals surface area contributed by atoms with Crippen LogP contribution in [-0.4, -0.2) is 40.0 Å². The first-order valence-electron chi connectivity index (χ1n) is 9.24. The summed E-state index contributed by atoms with van der Waals surface area (Å²) < 4.78 is 2.08. The maximum Gasteiger partial charge on any atom is 0.239 e. The van der Waals surface area contributed by atoms with Crippen LogP contribution >= 0.6 is 0 Å². The van der Waals surface area contributed by atoms with Crippen molar-refractivity contribution in [1.82, 2.24) is 25.5 Å². The van der Waals surface area contributed by atoms with E-state index in [2.05, 4.69) is 42.6 Å². The maximum absolute atomic E-state index is 12.0. The molecule has 0 aliphatic rings. The van der Waals surface area contributed by atoms with Gasteiger partial charge in [0.05, 0.1) is 6.54 Å². The average Bonchev–Trinajstić information content (AvgIpc) is 3.04. The van der Waals surface area contributed by atoms with E-state index in [4.69, 9.17) is 0 Å². The van der Waals surface area contributed by atoms with Gasteiger partial charge in [-0.25, -0.2) is 9.98 Å². The number of aliphatic imine (C=N–C) groups is 1. The van der Waals surface area contributed by atoms with Crippen LogP contribution in [0.2, 0.25) is 0 Å². The van der Waals surface area contributed by atoms with Crippen molar-refractivity contribution in [2.24, 2.45) is 4.99 Å². The molecule has 0 saturated heterocycles. The Kier molecular flexibility index (Phi) is 7.40. The number of amides is 1. The van der Waals surface area contributed by atoms with Crippen molar-refractivity contribution in [2.75, 3.05) is 13.1 Å². The minimum Gasteiger partial charge on any atom is -0.357 e. The van der Waals surface area contributed by atoms with E-state index in [1.54, 1.807) is 6.20 Å². The number of nitrogens with one attached hydrogen (secondary N) is 3. The fraction of sp³-hybridized carbons (Fsp3) is 0.450. The molecular weight excluding hydrogens is 340 g/mol. The largest absolute Gasteiger partial charge is 0.357 e. The van der Waals surface area contributed by atoms with Crippen molar-refractivity contribution in [3.05, 3.63) is 54.1 Å². The second-order valence-corrected chi connectivity index (χ2v) is 7.30.